The fourth-order valence-electron chi connectivity index (χ4n) is 4.45. The van der Waals surface area contributed by atoms with Crippen LogP contribution in [0.15, 0.2) is 108 Å². The third-order valence-electron chi connectivity index (χ3n) is 6.04. The average Bonchev–Trinajstić information content (AvgIpc) is 3.60. The van der Waals surface area contributed by atoms with Gasteiger partial charge in [-0.3, -0.25) is 6.08 Å². The predicted molar refractivity (Wildman–Crippen MR) is 159 cm³/mol. The van der Waals surface area contributed by atoms with E-state index >= 15 is 0 Å². The molecule has 1 unspecified atom stereocenters. The number of hydrogen-bond donors (Lipinski definition) is 2. The first-order chi connectivity index (χ1) is 17.8. The summed E-state index contributed by atoms with van der Waals surface area (Å²) in [7, 11) is 2.00. The van der Waals surface area contributed by atoms with Gasteiger partial charge in [-0.1, -0.05) is 117 Å². The molecule has 0 radical (unpaired) electrons. The summed E-state index contributed by atoms with van der Waals surface area (Å²) in [6, 6.07) is 36.7. The first-order valence-electron chi connectivity index (χ1n) is 11.6. The Hall–Kier alpha value is -2.27. The topological polar surface area (TPSA) is 40.5 Å². The van der Waals surface area contributed by atoms with Gasteiger partial charge in [0.1, 0.15) is 0 Å². The SMILES string of the molecule is Brc1cccc2c1C(c1ccccc1)[C-]=C2.CO.CO.[Zr+2].c1cc2[cH-]c3cc2c(c1)sc1ccc3cc1. The molecule has 7 aromatic rings. The van der Waals surface area contributed by atoms with Crippen molar-refractivity contribution in [1.82, 2.24) is 0 Å². The van der Waals surface area contributed by atoms with Crippen molar-refractivity contribution in [2.24, 2.45) is 0 Å². The zero-order valence-corrected chi connectivity index (χ0v) is 25.5. The molecule has 4 bridgehead atoms. The number of fused-ring (bicyclic) bond motifs is 3. The predicted octanol–water partition coefficient (Wildman–Crippen LogP) is 8.55. The Kier molecular flexibility index (Phi) is 11.1. The van der Waals surface area contributed by atoms with E-state index in [0.717, 1.165) is 14.2 Å². The second kappa shape index (κ2) is 14.0. The van der Waals surface area contributed by atoms with E-state index in [0.29, 0.717) is 0 Å². The fraction of sp³-hybridized carbons (Fsp3) is 0.0938. The number of aliphatic hydroxyl groups is 2. The zero-order valence-electron chi connectivity index (χ0n) is 20.7. The number of allylic oxidation sites excluding steroid dienone is 1. The number of halogens is 1. The van der Waals surface area contributed by atoms with Gasteiger partial charge in [0.05, 0.1) is 0 Å². The van der Waals surface area contributed by atoms with E-state index in [9.17, 15) is 0 Å². The molecular formula is C32H27BrO2SZr. The van der Waals surface area contributed by atoms with E-state index in [1.54, 1.807) is 0 Å². The first-order valence-corrected chi connectivity index (χ1v) is 13.2. The van der Waals surface area contributed by atoms with E-state index in [1.807, 2.05) is 17.4 Å². The summed E-state index contributed by atoms with van der Waals surface area (Å²) in [5, 5.41) is 19.4. The van der Waals surface area contributed by atoms with Crippen LogP contribution in [0.1, 0.15) is 22.6 Å². The Morgan fingerprint density at radius 2 is 1.49 bits per heavy atom. The fourth-order valence-corrected chi connectivity index (χ4v) is 6.02. The van der Waals surface area contributed by atoms with Crippen LogP contribution < -0.4 is 0 Å². The Balaban J connectivity index is 0.000000177. The van der Waals surface area contributed by atoms with Gasteiger partial charge in [0.2, 0.25) is 0 Å². The van der Waals surface area contributed by atoms with Gasteiger partial charge in [-0.15, -0.1) is 51.9 Å². The van der Waals surface area contributed by atoms with Crippen LogP contribution in [0.4, 0.5) is 0 Å². The number of aliphatic hydroxyl groups excluding tert-OH is 2. The van der Waals surface area contributed by atoms with Crippen LogP contribution in [0.25, 0.3) is 37.0 Å². The molecule has 1 aliphatic rings. The van der Waals surface area contributed by atoms with Gasteiger partial charge in [0.15, 0.2) is 0 Å². The summed E-state index contributed by atoms with van der Waals surface area (Å²) in [5.41, 5.74) is 3.89. The van der Waals surface area contributed by atoms with E-state index in [1.165, 1.54) is 52.1 Å². The van der Waals surface area contributed by atoms with E-state index in [-0.39, 0.29) is 32.1 Å². The third kappa shape index (κ3) is 6.42. The van der Waals surface area contributed by atoms with Crippen LogP contribution in [0.2, 0.25) is 0 Å². The molecule has 1 aliphatic carbocycles. The molecule has 0 fully saturated rings. The van der Waals surface area contributed by atoms with Crippen molar-refractivity contribution < 1.29 is 36.4 Å². The van der Waals surface area contributed by atoms with Crippen molar-refractivity contribution in [3.63, 3.8) is 0 Å². The van der Waals surface area contributed by atoms with Gasteiger partial charge in [0.25, 0.3) is 0 Å². The molecule has 1 atom stereocenters. The largest absolute Gasteiger partial charge is 2.00 e. The minimum absolute atomic E-state index is 0. The van der Waals surface area contributed by atoms with Crippen molar-refractivity contribution in [2.75, 3.05) is 14.2 Å². The molecule has 2 nitrogen and oxygen atoms in total. The normalized spacial score (nSPS) is 12.9. The average molecular weight is 647 g/mol. The molecule has 0 amide bonds. The monoisotopic (exact) mass is 644 g/mol. The summed E-state index contributed by atoms with van der Waals surface area (Å²) < 4.78 is 3.84. The van der Waals surface area contributed by atoms with Gasteiger partial charge >= 0.3 is 26.2 Å². The van der Waals surface area contributed by atoms with Crippen LogP contribution in [-0.4, -0.2) is 24.4 Å². The van der Waals surface area contributed by atoms with Gasteiger partial charge in [0, 0.05) is 23.4 Å². The van der Waals surface area contributed by atoms with Crippen LogP contribution >= 0.6 is 27.3 Å². The molecule has 5 heteroatoms. The molecule has 0 saturated carbocycles. The first kappa shape index (κ1) is 29.3. The zero-order chi connectivity index (χ0) is 25.5. The van der Waals surface area contributed by atoms with Crippen molar-refractivity contribution in [3.8, 4) is 0 Å². The molecule has 2 aromatic heterocycles. The second-order valence-corrected chi connectivity index (χ2v) is 10.00. The molecule has 0 aliphatic heterocycles. The Bertz CT molecular complexity index is 1580. The molecule has 5 aromatic carbocycles. The maximum absolute atomic E-state index is 7.00. The summed E-state index contributed by atoms with van der Waals surface area (Å²) in [5.74, 6) is 0.270. The summed E-state index contributed by atoms with van der Waals surface area (Å²) in [6.45, 7) is 0. The van der Waals surface area contributed by atoms with E-state index in [2.05, 4.69) is 125 Å². The van der Waals surface area contributed by atoms with Crippen LogP contribution in [0, 0.1) is 6.08 Å². The van der Waals surface area contributed by atoms with Crippen LogP contribution in [0.5, 0.6) is 0 Å². The van der Waals surface area contributed by atoms with Crippen LogP contribution in [-0.2, 0) is 26.2 Å². The minimum atomic E-state index is 0. The number of hydrogen-bond acceptors (Lipinski definition) is 3. The Labute approximate surface area is 249 Å². The molecule has 2 N–H and O–H groups in total. The standard InChI is InChI=1S/C15H10Br.C15H9S.2CH4O.Zr/c16-14-8-4-7-12-9-10-13(15(12)14)11-5-2-1-3-6-11;1-2-11-8-12-9-14(11)15(3-1)16-13-6-4-10(12)5-7-13;2*1-2;/h1-9,13H;1-9H;2*2H,1H3;/q2*-1;;;+2. The molecule has 0 saturated heterocycles. The minimum Gasteiger partial charge on any atom is -0.400 e. The van der Waals surface area contributed by atoms with E-state index < -0.39 is 0 Å². The third-order valence-corrected chi connectivity index (χ3v) is 7.82. The molecular weight excluding hydrogens is 620 g/mol. The second-order valence-electron chi connectivity index (χ2n) is 8.03. The van der Waals surface area contributed by atoms with Gasteiger partial charge < -0.3 is 10.2 Å². The summed E-state index contributed by atoms with van der Waals surface area (Å²) in [4.78, 5) is 0. The number of rotatable bonds is 1. The quantitative estimate of drug-likeness (QED) is 0.176. The summed E-state index contributed by atoms with van der Waals surface area (Å²) >= 11 is 5.47. The molecule has 37 heavy (non-hydrogen) atoms. The maximum Gasteiger partial charge on any atom is 2.00 e. The van der Waals surface area contributed by atoms with E-state index in [4.69, 9.17) is 10.2 Å². The Morgan fingerprint density at radius 1 is 0.784 bits per heavy atom. The molecule has 184 valence electrons. The Morgan fingerprint density at radius 3 is 2.22 bits per heavy atom. The van der Waals surface area contributed by atoms with Crippen molar-refractivity contribution in [1.29, 1.82) is 0 Å². The summed E-state index contributed by atoms with van der Waals surface area (Å²) in [6.07, 6.45) is 5.51. The van der Waals surface area contributed by atoms with Gasteiger partial charge in [-0.25, -0.2) is 6.08 Å². The van der Waals surface area contributed by atoms with Gasteiger partial charge in [-0.2, -0.15) is 5.56 Å². The van der Waals surface area contributed by atoms with Crippen molar-refractivity contribution in [3.05, 3.63) is 130 Å². The smallest absolute Gasteiger partial charge is 0.400 e. The molecule has 2 heterocycles. The van der Waals surface area contributed by atoms with Gasteiger partial charge in [-0.05, 0) is 4.70 Å². The maximum atomic E-state index is 7.00. The molecule has 8 rings (SSSR count). The van der Waals surface area contributed by atoms with Crippen molar-refractivity contribution >= 4 is 64.3 Å². The molecule has 0 spiro atoms. The van der Waals surface area contributed by atoms with Crippen molar-refractivity contribution in [2.45, 2.75) is 5.92 Å². The van der Waals surface area contributed by atoms with Crippen LogP contribution in [0.3, 0.4) is 0 Å². The number of benzene rings is 4.